The van der Waals surface area contributed by atoms with Crippen molar-refractivity contribution in [2.45, 2.75) is 37.0 Å². The lowest BCUT2D eigenvalue weighted by molar-refractivity contribution is 0.334. The summed E-state index contributed by atoms with van der Waals surface area (Å²) < 4.78 is 0.493. The Balaban J connectivity index is 1.91. The lowest BCUT2D eigenvalue weighted by atomic mass is 9.84. The first kappa shape index (κ1) is 13.3. The molecule has 1 atom stereocenters. The van der Waals surface area contributed by atoms with Crippen LogP contribution in [0.2, 0.25) is 5.02 Å². The molecule has 94 valence electrons. The van der Waals surface area contributed by atoms with Crippen molar-refractivity contribution in [3.05, 3.63) is 34.9 Å². The van der Waals surface area contributed by atoms with Crippen LogP contribution in [0.15, 0.2) is 24.3 Å². The van der Waals surface area contributed by atoms with Crippen LogP contribution in [0.3, 0.4) is 0 Å². The minimum atomic E-state index is 0.373. The third kappa shape index (κ3) is 3.18. The molecule has 1 N–H and O–H groups in total. The highest BCUT2D eigenvalue weighted by Gasteiger charge is 2.35. The number of rotatable bonds is 5. The molecule has 1 aliphatic rings. The summed E-state index contributed by atoms with van der Waals surface area (Å²) in [4.78, 5) is 0. The molecule has 0 heterocycles. The summed E-state index contributed by atoms with van der Waals surface area (Å²) in [6.07, 6.45) is 6.31. The number of nitrogens with one attached hydrogen (secondary N) is 1. The number of benzene rings is 1. The third-order valence-corrected chi connectivity index (χ3v) is 5.43. The first-order valence-corrected chi connectivity index (χ1v) is 7.79. The van der Waals surface area contributed by atoms with Gasteiger partial charge in [-0.3, -0.25) is 0 Å². The molecule has 1 nitrogen and oxygen atoms in total. The van der Waals surface area contributed by atoms with E-state index in [9.17, 15) is 0 Å². The highest BCUT2D eigenvalue weighted by atomic mass is 35.5. The zero-order chi connectivity index (χ0) is 12.3. The average Bonchev–Trinajstić information content (AvgIpc) is 2.28. The zero-order valence-corrected chi connectivity index (χ0v) is 12.1. The molecular weight excluding hydrogens is 250 g/mol. The predicted octanol–water partition coefficient (Wildman–Crippen LogP) is 4.28. The van der Waals surface area contributed by atoms with Crippen LogP contribution in [-0.4, -0.2) is 17.5 Å². The Morgan fingerprint density at radius 1 is 1.47 bits per heavy atom. The van der Waals surface area contributed by atoms with E-state index in [-0.39, 0.29) is 0 Å². The maximum Gasteiger partial charge on any atom is 0.0409 e. The molecule has 0 unspecified atom stereocenters. The lowest BCUT2D eigenvalue weighted by Crippen LogP contribution is -2.43. The van der Waals surface area contributed by atoms with E-state index in [1.165, 1.54) is 24.8 Å². The van der Waals surface area contributed by atoms with Gasteiger partial charge in [0.15, 0.2) is 0 Å². The van der Waals surface area contributed by atoms with Crippen molar-refractivity contribution < 1.29 is 0 Å². The highest BCUT2D eigenvalue weighted by molar-refractivity contribution is 8.00. The van der Waals surface area contributed by atoms with Crippen LogP contribution in [-0.2, 0) is 0 Å². The molecule has 0 amide bonds. The molecule has 1 aromatic rings. The van der Waals surface area contributed by atoms with E-state index in [1.54, 1.807) is 0 Å². The van der Waals surface area contributed by atoms with Crippen molar-refractivity contribution in [2.75, 3.05) is 12.8 Å². The monoisotopic (exact) mass is 269 g/mol. The van der Waals surface area contributed by atoms with E-state index in [0.29, 0.717) is 10.8 Å². The Hall–Kier alpha value is -0.180. The summed E-state index contributed by atoms with van der Waals surface area (Å²) in [7, 11) is 0. The number of hydrogen-bond acceptors (Lipinski definition) is 2. The van der Waals surface area contributed by atoms with Crippen LogP contribution in [0, 0.1) is 0 Å². The van der Waals surface area contributed by atoms with Gasteiger partial charge in [-0.05, 0) is 43.7 Å². The van der Waals surface area contributed by atoms with Gasteiger partial charge in [-0.2, -0.15) is 11.8 Å². The molecule has 0 spiro atoms. The minimum Gasteiger partial charge on any atom is -0.309 e. The van der Waals surface area contributed by atoms with Crippen molar-refractivity contribution in [1.82, 2.24) is 5.32 Å². The van der Waals surface area contributed by atoms with Gasteiger partial charge in [-0.25, -0.2) is 0 Å². The van der Waals surface area contributed by atoms with Crippen LogP contribution >= 0.6 is 23.4 Å². The Morgan fingerprint density at radius 3 is 2.76 bits per heavy atom. The standard InChI is InChI=1S/C14H20ClNS/c1-11(12-5-3-6-13(15)9-12)16-10-14(17-2)7-4-8-14/h3,5-6,9,11,16H,4,7-8,10H2,1-2H3/t11-/m1/s1. The van der Waals surface area contributed by atoms with Crippen molar-refractivity contribution in [3.63, 3.8) is 0 Å². The van der Waals surface area contributed by atoms with Gasteiger partial charge in [0, 0.05) is 22.4 Å². The summed E-state index contributed by atoms with van der Waals surface area (Å²) in [6, 6.07) is 8.50. The SMILES string of the molecule is CSC1(CN[C@H](C)c2cccc(Cl)c2)CCC1. The fourth-order valence-corrected chi connectivity index (χ4v) is 3.38. The largest absolute Gasteiger partial charge is 0.309 e. The Morgan fingerprint density at radius 2 is 2.24 bits per heavy atom. The summed E-state index contributed by atoms with van der Waals surface area (Å²) >= 11 is 8.02. The predicted molar refractivity (Wildman–Crippen MR) is 78.0 cm³/mol. The molecule has 0 bridgehead atoms. The van der Waals surface area contributed by atoms with Crippen molar-refractivity contribution in [3.8, 4) is 0 Å². The normalized spacial score (nSPS) is 19.7. The smallest absolute Gasteiger partial charge is 0.0409 e. The van der Waals surface area contributed by atoms with Gasteiger partial charge in [0.2, 0.25) is 0 Å². The first-order valence-electron chi connectivity index (χ1n) is 6.19. The molecule has 1 saturated carbocycles. The molecule has 1 fully saturated rings. The van der Waals surface area contributed by atoms with E-state index >= 15 is 0 Å². The second-order valence-corrected chi connectivity index (χ2v) is 6.61. The van der Waals surface area contributed by atoms with E-state index in [0.717, 1.165) is 11.6 Å². The summed E-state index contributed by atoms with van der Waals surface area (Å²) in [6.45, 7) is 3.31. The van der Waals surface area contributed by atoms with E-state index in [4.69, 9.17) is 11.6 Å². The molecule has 17 heavy (non-hydrogen) atoms. The second kappa shape index (κ2) is 5.64. The Bertz CT molecular complexity index is 371. The number of hydrogen-bond donors (Lipinski definition) is 1. The first-order chi connectivity index (χ1) is 8.15. The topological polar surface area (TPSA) is 12.0 Å². The Labute approximate surface area is 113 Å². The maximum absolute atomic E-state index is 6.01. The van der Waals surface area contributed by atoms with Crippen molar-refractivity contribution in [1.29, 1.82) is 0 Å². The minimum absolute atomic E-state index is 0.373. The van der Waals surface area contributed by atoms with Gasteiger partial charge >= 0.3 is 0 Å². The van der Waals surface area contributed by atoms with E-state index in [1.807, 2.05) is 30.0 Å². The van der Waals surface area contributed by atoms with Gasteiger partial charge in [0.1, 0.15) is 0 Å². The molecule has 0 aromatic heterocycles. The molecule has 2 rings (SSSR count). The highest BCUT2D eigenvalue weighted by Crippen LogP contribution is 2.42. The molecule has 3 heteroatoms. The molecule has 1 aromatic carbocycles. The van der Waals surface area contributed by atoms with Crippen LogP contribution in [0.25, 0.3) is 0 Å². The quantitative estimate of drug-likeness (QED) is 0.856. The maximum atomic E-state index is 6.01. The van der Waals surface area contributed by atoms with Crippen LogP contribution in [0.1, 0.15) is 37.8 Å². The van der Waals surface area contributed by atoms with Gasteiger partial charge < -0.3 is 5.32 Å². The fourth-order valence-electron chi connectivity index (χ4n) is 2.26. The zero-order valence-electron chi connectivity index (χ0n) is 10.5. The lowest BCUT2D eigenvalue weighted by Gasteiger charge is -2.41. The van der Waals surface area contributed by atoms with Gasteiger partial charge in [0.25, 0.3) is 0 Å². The van der Waals surface area contributed by atoms with Gasteiger partial charge in [-0.1, -0.05) is 30.2 Å². The molecule has 1 aliphatic carbocycles. The molecule has 0 aliphatic heterocycles. The Kier molecular flexibility index (Phi) is 4.40. The number of halogens is 1. The van der Waals surface area contributed by atoms with Gasteiger partial charge in [-0.15, -0.1) is 0 Å². The van der Waals surface area contributed by atoms with E-state index < -0.39 is 0 Å². The summed E-state index contributed by atoms with van der Waals surface area (Å²) in [5.74, 6) is 0. The molecule has 0 saturated heterocycles. The summed E-state index contributed by atoms with van der Waals surface area (Å²) in [5.41, 5.74) is 1.27. The third-order valence-electron chi connectivity index (χ3n) is 3.78. The fraction of sp³-hybridized carbons (Fsp3) is 0.571. The van der Waals surface area contributed by atoms with Crippen LogP contribution in [0.5, 0.6) is 0 Å². The average molecular weight is 270 g/mol. The molecule has 0 radical (unpaired) electrons. The number of thioether (sulfide) groups is 1. The second-order valence-electron chi connectivity index (χ2n) is 4.90. The summed E-state index contributed by atoms with van der Waals surface area (Å²) in [5, 5.41) is 4.46. The van der Waals surface area contributed by atoms with Gasteiger partial charge in [0.05, 0.1) is 0 Å². The van der Waals surface area contributed by atoms with E-state index in [2.05, 4.69) is 24.6 Å². The van der Waals surface area contributed by atoms with Crippen LogP contribution < -0.4 is 5.32 Å². The van der Waals surface area contributed by atoms with Crippen molar-refractivity contribution >= 4 is 23.4 Å². The van der Waals surface area contributed by atoms with Crippen molar-refractivity contribution in [2.24, 2.45) is 0 Å². The molecular formula is C14H20ClNS. The van der Waals surface area contributed by atoms with Crippen LogP contribution in [0.4, 0.5) is 0 Å².